The lowest BCUT2D eigenvalue weighted by atomic mass is 9.45. The van der Waals surface area contributed by atoms with Gasteiger partial charge in [-0.1, -0.05) is 13.8 Å². The van der Waals surface area contributed by atoms with Crippen LogP contribution < -0.4 is 0 Å². The lowest BCUT2D eigenvalue weighted by Crippen LogP contribution is -2.54. The molecule has 0 aromatic rings. The summed E-state index contributed by atoms with van der Waals surface area (Å²) >= 11 is 0. The summed E-state index contributed by atoms with van der Waals surface area (Å²) in [5.74, 6) is 2.63. The number of rotatable bonds is 0. The summed E-state index contributed by atoms with van der Waals surface area (Å²) in [4.78, 5) is 12.2. The molecule has 7 unspecified atom stereocenters. The fourth-order valence-corrected chi connectivity index (χ4v) is 7.10. The van der Waals surface area contributed by atoms with Crippen molar-refractivity contribution >= 4 is 5.78 Å². The van der Waals surface area contributed by atoms with Crippen molar-refractivity contribution in [1.29, 1.82) is 0 Å². The zero-order chi connectivity index (χ0) is 16.4. The first-order valence-electron chi connectivity index (χ1n) is 9.44. The molecule has 4 aliphatic rings. The van der Waals surface area contributed by atoms with E-state index in [4.69, 9.17) is 0 Å². The zero-order valence-electron chi connectivity index (χ0n) is 14.4. The smallest absolute Gasteiger partial charge is 0.162 e. The van der Waals surface area contributed by atoms with Gasteiger partial charge in [0, 0.05) is 12.0 Å². The van der Waals surface area contributed by atoms with Crippen molar-refractivity contribution in [3.8, 4) is 0 Å². The molecule has 0 aliphatic heterocycles. The third kappa shape index (κ3) is 2.01. The Hall–Kier alpha value is -0.830. The number of aliphatic hydroxyl groups excluding tert-OH is 2. The predicted octanol–water partition coefficient (Wildman–Crippen LogP) is 4.01. The van der Waals surface area contributed by atoms with Crippen molar-refractivity contribution in [3.05, 3.63) is 11.8 Å². The average molecular weight is 318 g/mol. The maximum Gasteiger partial charge on any atom is 0.162 e. The van der Waals surface area contributed by atoms with E-state index in [0.29, 0.717) is 35.7 Å². The first-order valence-corrected chi connectivity index (χ1v) is 9.44. The minimum absolute atomic E-state index is 0.116. The number of ketones is 1. The number of hydrogen-bond acceptors (Lipinski definition) is 3. The Morgan fingerprint density at radius 2 is 1.78 bits per heavy atom. The molecule has 3 nitrogen and oxygen atoms in total. The molecule has 0 bridgehead atoms. The van der Waals surface area contributed by atoms with Crippen LogP contribution in [0.4, 0.5) is 0 Å². The number of fused-ring (bicyclic) bond motifs is 5. The molecule has 0 radical (unpaired) electrons. The first kappa shape index (κ1) is 15.7. The number of hydrogen-bond donors (Lipinski definition) is 2. The van der Waals surface area contributed by atoms with Crippen LogP contribution in [0.15, 0.2) is 11.8 Å². The summed E-state index contributed by atoms with van der Waals surface area (Å²) < 4.78 is 0. The maximum atomic E-state index is 12.2. The molecule has 7 atom stereocenters. The minimum atomic E-state index is -0.125. The molecule has 4 aliphatic carbocycles. The van der Waals surface area contributed by atoms with Gasteiger partial charge in [-0.05, 0) is 79.4 Å². The molecule has 0 aromatic heterocycles. The average Bonchev–Trinajstić information content (AvgIpc) is 2.83. The van der Waals surface area contributed by atoms with Crippen molar-refractivity contribution in [2.75, 3.05) is 0 Å². The van der Waals surface area contributed by atoms with Gasteiger partial charge in [-0.25, -0.2) is 0 Å². The van der Waals surface area contributed by atoms with Crippen LogP contribution in [0.25, 0.3) is 0 Å². The molecule has 23 heavy (non-hydrogen) atoms. The Balaban J connectivity index is 1.66. The van der Waals surface area contributed by atoms with E-state index in [-0.39, 0.29) is 22.7 Å². The molecule has 4 rings (SSSR count). The molecule has 3 heteroatoms. The van der Waals surface area contributed by atoms with Gasteiger partial charge in [-0.3, -0.25) is 4.79 Å². The lowest BCUT2D eigenvalue weighted by Gasteiger charge is -2.60. The second-order valence-corrected chi connectivity index (χ2v) is 9.25. The quantitative estimate of drug-likeness (QED) is 0.524. The standard InChI is InChI=1S/C20H30O3/c1-19-8-7-16-14(15(19)5-6-18(19)23)4-3-13-9-17(22)12(11-21)10-20(13,16)2/h11,13-16,18,21,23H,3-10H2,1-2H3. The number of aliphatic hydroxyl groups is 2. The largest absolute Gasteiger partial charge is 0.515 e. The second-order valence-electron chi connectivity index (χ2n) is 9.25. The second kappa shape index (κ2) is 5.08. The first-order chi connectivity index (χ1) is 10.9. The molecule has 4 fully saturated rings. The molecule has 0 heterocycles. The number of Topliss-reactive ketones (excluding diaryl/α,β-unsaturated/α-hetero) is 1. The van der Waals surface area contributed by atoms with E-state index in [1.165, 1.54) is 19.3 Å². The summed E-state index contributed by atoms with van der Waals surface area (Å²) in [6.07, 6.45) is 9.11. The SMILES string of the molecule is CC12CCC3C(CCC4CC(=O)C(=CO)CC43C)C1CCC2O. The van der Waals surface area contributed by atoms with E-state index >= 15 is 0 Å². The fourth-order valence-electron chi connectivity index (χ4n) is 7.10. The van der Waals surface area contributed by atoms with E-state index in [1.54, 1.807) is 0 Å². The lowest BCUT2D eigenvalue weighted by molar-refractivity contribution is -0.135. The molecular formula is C20H30O3. The van der Waals surface area contributed by atoms with Crippen molar-refractivity contribution in [1.82, 2.24) is 0 Å². The van der Waals surface area contributed by atoms with Gasteiger partial charge in [-0.15, -0.1) is 0 Å². The minimum Gasteiger partial charge on any atom is -0.515 e. The topological polar surface area (TPSA) is 57.5 Å². The van der Waals surface area contributed by atoms with Crippen molar-refractivity contribution in [2.45, 2.75) is 71.3 Å². The van der Waals surface area contributed by atoms with Crippen LogP contribution in [-0.2, 0) is 4.79 Å². The van der Waals surface area contributed by atoms with Crippen LogP contribution in [-0.4, -0.2) is 22.1 Å². The number of carbonyl (C=O) groups excluding carboxylic acids is 1. The molecule has 0 aromatic carbocycles. The highest BCUT2D eigenvalue weighted by Gasteiger charge is 2.60. The third-order valence-corrected chi connectivity index (χ3v) is 8.53. The third-order valence-electron chi connectivity index (χ3n) is 8.53. The molecule has 2 N–H and O–H groups in total. The van der Waals surface area contributed by atoms with Gasteiger partial charge in [-0.2, -0.15) is 0 Å². The van der Waals surface area contributed by atoms with Crippen LogP contribution in [0.1, 0.15) is 65.2 Å². The zero-order valence-corrected chi connectivity index (χ0v) is 14.4. The summed E-state index contributed by atoms with van der Waals surface area (Å²) in [5, 5.41) is 20.0. The Labute approximate surface area is 139 Å². The Bertz CT molecular complexity index is 553. The molecular weight excluding hydrogens is 288 g/mol. The van der Waals surface area contributed by atoms with E-state index in [0.717, 1.165) is 31.9 Å². The highest BCUT2D eigenvalue weighted by Crippen LogP contribution is 2.66. The molecule has 0 amide bonds. The van der Waals surface area contributed by atoms with Gasteiger partial charge in [0.05, 0.1) is 12.4 Å². The highest BCUT2D eigenvalue weighted by molar-refractivity contribution is 5.96. The van der Waals surface area contributed by atoms with E-state index < -0.39 is 0 Å². The van der Waals surface area contributed by atoms with Crippen LogP contribution in [0.5, 0.6) is 0 Å². The van der Waals surface area contributed by atoms with Crippen LogP contribution >= 0.6 is 0 Å². The van der Waals surface area contributed by atoms with E-state index in [2.05, 4.69) is 13.8 Å². The summed E-state index contributed by atoms with van der Waals surface area (Å²) in [7, 11) is 0. The van der Waals surface area contributed by atoms with Crippen LogP contribution in [0.2, 0.25) is 0 Å². The molecule has 4 saturated carbocycles. The summed E-state index contributed by atoms with van der Waals surface area (Å²) in [6, 6.07) is 0. The predicted molar refractivity (Wildman–Crippen MR) is 88.8 cm³/mol. The van der Waals surface area contributed by atoms with Gasteiger partial charge < -0.3 is 10.2 Å². The summed E-state index contributed by atoms with van der Waals surface area (Å²) in [5.41, 5.74) is 0.911. The Morgan fingerprint density at radius 3 is 2.52 bits per heavy atom. The van der Waals surface area contributed by atoms with Gasteiger partial charge in [0.15, 0.2) is 5.78 Å². The summed E-state index contributed by atoms with van der Waals surface area (Å²) in [6.45, 7) is 4.68. The van der Waals surface area contributed by atoms with E-state index in [1.807, 2.05) is 0 Å². The molecule has 128 valence electrons. The molecule has 0 spiro atoms. The fraction of sp³-hybridized carbons (Fsp3) is 0.850. The highest BCUT2D eigenvalue weighted by atomic mass is 16.3. The monoisotopic (exact) mass is 318 g/mol. The number of carbonyl (C=O) groups is 1. The van der Waals surface area contributed by atoms with Gasteiger partial charge in [0.25, 0.3) is 0 Å². The van der Waals surface area contributed by atoms with Crippen LogP contribution in [0.3, 0.4) is 0 Å². The van der Waals surface area contributed by atoms with Gasteiger partial charge >= 0.3 is 0 Å². The normalized spacial score (nSPS) is 54.5. The Kier molecular flexibility index (Phi) is 3.46. The Morgan fingerprint density at radius 1 is 1.04 bits per heavy atom. The van der Waals surface area contributed by atoms with Crippen molar-refractivity contribution in [2.24, 2.45) is 34.5 Å². The van der Waals surface area contributed by atoms with Crippen molar-refractivity contribution < 1.29 is 15.0 Å². The van der Waals surface area contributed by atoms with Crippen LogP contribution in [0, 0.1) is 34.5 Å². The van der Waals surface area contributed by atoms with Gasteiger partial charge in [0.1, 0.15) is 0 Å². The van der Waals surface area contributed by atoms with Crippen molar-refractivity contribution in [3.63, 3.8) is 0 Å². The van der Waals surface area contributed by atoms with E-state index in [9.17, 15) is 15.0 Å². The molecule has 0 saturated heterocycles. The maximum absolute atomic E-state index is 12.2. The number of allylic oxidation sites excluding steroid dienone is 1. The van der Waals surface area contributed by atoms with Gasteiger partial charge in [0.2, 0.25) is 0 Å².